The SMILES string of the molecule is CC(=O)SCC=Cc1cccc(C2OCCO2)c1. The predicted octanol–water partition coefficient (Wildman–Crippen LogP) is 3.02. The maximum Gasteiger partial charge on any atom is 0.186 e. The first-order valence-corrected chi connectivity index (χ1v) is 6.87. The molecule has 0 N–H and O–H groups in total. The number of hydrogen-bond acceptors (Lipinski definition) is 4. The molecule has 1 aromatic carbocycles. The molecule has 0 atom stereocenters. The third-order valence-electron chi connectivity index (χ3n) is 2.50. The van der Waals surface area contributed by atoms with E-state index in [2.05, 4.69) is 0 Å². The molecule has 2 rings (SSSR count). The Bertz CT molecular complexity index is 436. The minimum absolute atomic E-state index is 0.140. The van der Waals surface area contributed by atoms with E-state index in [4.69, 9.17) is 9.47 Å². The molecule has 0 bridgehead atoms. The van der Waals surface area contributed by atoms with Crippen LogP contribution >= 0.6 is 11.8 Å². The first-order chi connectivity index (χ1) is 8.75. The van der Waals surface area contributed by atoms with Gasteiger partial charge in [0.05, 0.1) is 13.2 Å². The molecule has 96 valence electrons. The summed E-state index contributed by atoms with van der Waals surface area (Å²) in [4.78, 5) is 10.8. The van der Waals surface area contributed by atoms with Crippen LogP contribution in [0.1, 0.15) is 24.3 Å². The standard InChI is InChI=1S/C14H16O3S/c1-11(15)18-9-3-5-12-4-2-6-13(10-12)14-16-7-8-17-14/h2-6,10,14H,7-9H2,1H3. The van der Waals surface area contributed by atoms with Gasteiger partial charge in [0.25, 0.3) is 0 Å². The van der Waals surface area contributed by atoms with Gasteiger partial charge >= 0.3 is 0 Å². The topological polar surface area (TPSA) is 35.5 Å². The van der Waals surface area contributed by atoms with E-state index >= 15 is 0 Å². The van der Waals surface area contributed by atoms with Gasteiger partial charge < -0.3 is 9.47 Å². The van der Waals surface area contributed by atoms with E-state index in [1.54, 1.807) is 6.92 Å². The molecule has 3 nitrogen and oxygen atoms in total. The molecule has 1 fully saturated rings. The number of carbonyl (C=O) groups is 1. The van der Waals surface area contributed by atoms with Crippen molar-refractivity contribution >= 4 is 23.0 Å². The molecule has 0 radical (unpaired) electrons. The van der Waals surface area contributed by atoms with Crippen molar-refractivity contribution in [1.82, 2.24) is 0 Å². The van der Waals surface area contributed by atoms with E-state index in [1.807, 2.05) is 36.4 Å². The van der Waals surface area contributed by atoms with Crippen molar-refractivity contribution in [2.75, 3.05) is 19.0 Å². The van der Waals surface area contributed by atoms with Crippen LogP contribution in [0.2, 0.25) is 0 Å². The molecule has 1 aromatic rings. The maximum atomic E-state index is 10.8. The molecule has 1 heterocycles. The predicted molar refractivity (Wildman–Crippen MR) is 73.3 cm³/mol. The number of carbonyl (C=O) groups excluding carboxylic acids is 1. The summed E-state index contributed by atoms with van der Waals surface area (Å²) in [7, 11) is 0. The second-order valence-corrected chi connectivity index (χ2v) is 5.15. The van der Waals surface area contributed by atoms with E-state index in [0.29, 0.717) is 19.0 Å². The summed E-state index contributed by atoms with van der Waals surface area (Å²) in [5, 5.41) is 0.140. The lowest BCUT2D eigenvalue weighted by Crippen LogP contribution is -1.97. The van der Waals surface area contributed by atoms with Crippen LogP contribution in [0.25, 0.3) is 6.08 Å². The minimum atomic E-state index is -0.232. The summed E-state index contributed by atoms with van der Waals surface area (Å²) in [5.41, 5.74) is 2.13. The van der Waals surface area contributed by atoms with Crippen molar-refractivity contribution in [3.05, 3.63) is 41.5 Å². The number of ether oxygens (including phenoxy) is 2. The molecule has 0 aliphatic carbocycles. The van der Waals surface area contributed by atoms with Crippen LogP contribution in [0, 0.1) is 0 Å². The summed E-state index contributed by atoms with van der Waals surface area (Å²) >= 11 is 1.30. The summed E-state index contributed by atoms with van der Waals surface area (Å²) < 4.78 is 10.9. The van der Waals surface area contributed by atoms with Gasteiger partial charge in [-0.25, -0.2) is 0 Å². The average molecular weight is 264 g/mol. The van der Waals surface area contributed by atoms with Gasteiger partial charge in [-0.15, -0.1) is 0 Å². The highest BCUT2D eigenvalue weighted by Crippen LogP contribution is 2.24. The smallest absolute Gasteiger partial charge is 0.186 e. The Morgan fingerprint density at radius 3 is 2.94 bits per heavy atom. The summed E-state index contributed by atoms with van der Waals surface area (Å²) in [6.07, 6.45) is 3.76. The van der Waals surface area contributed by atoms with E-state index in [0.717, 1.165) is 11.1 Å². The second-order valence-electron chi connectivity index (χ2n) is 3.95. The first-order valence-electron chi connectivity index (χ1n) is 5.89. The monoisotopic (exact) mass is 264 g/mol. The average Bonchev–Trinajstić information content (AvgIpc) is 2.89. The normalized spacial score (nSPS) is 16.5. The molecule has 1 saturated heterocycles. The summed E-state index contributed by atoms with van der Waals surface area (Å²) in [6.45, 7) is 2.88. The molecule has 0 amide bonds. The Kier molecular flexibility index (Phi) is 4.99. The van der Waals surface area contributed by atoms with E-state index in [9.17, 15) is 4.79 Å². The second kappa shape index (κ2) is 6.73. The molecular formula is C14H16O3S. The molecular weight excluding hydrogens is 248 g/mol. The number of hydrogen-bond donors (Lipinski definition) is 0. The minimum Gasteiger partial charge on any atom is -0.346 e. The third-order valence-corrected chi connectivity index (χ3v) is 3.26. The zero-order valence-electron chi connectivity index (χ0n) is 10.3. The molecule has 18 heavy (non-hydrogen) atoms. The summed E-state index contributed by atoms with van der Waals surface area (Å²) in [6, 6.07) is 8.05. The highest BCUT2D eigenvalue weighted by atomic mass is 32.2. The zero-order chi connectivity index (χ0) is 12.8. The van der Waals surface area contributed by atoms with Crippen molar-refractivity contribution in [3.8, 4) is 0 Å². The van der Waals surface area contributed by atoms with Crippen molar-refractivity contribution in [2.45, 2.75) is 13.2 Å². The molecule has 4 heteroatoms. The molecule has 1 aliphatic heterocycles. The number of rotatable bonds is 4. The quantitative estimate of drug-likeness (QED) is 0.837. The van der Waals surface area contributed by atoms with E-state index < -0.39 is 0 Å². The van der Waals surface area contributed by atoms with Crippen LogP contribution in [0.4, 0.5) is 0 Å². The largest absolute Gasteiger partial charge is 0.346 e. The van der Waals surface area contributed by atoms with Crippen LogP contribution < -0.4 is 0 Å². The van der Waals surface area contributed by atoms with Gasteiger partial charge in [-0.1, -0.05) is 42.1 Å². The lowest BCUT2D eigenvalue weighted by molar-refractivity contribution is -0.109. The van der Waals surface area contributed by atoms with Gasteiger partial charge in [-0.2, -0.15) is 0 Å². The number of thioether (sulfide) groups is 1. The van der Waals surface area contributed by atoms with E-state index in [1.165, 1.54) is 11.8 Å². The molecule has 0 aromatic heterocycles. The van der Waals surface area contributed by atoms with Crippen LogP contribution in [-0.2, 0) is 14.3 Å². The highest BCUT2D eigenvalue weighted by molar-refractivity contribution is 8.13. The van der Waals surface area contributed by atoms with Crippen LogP contribution in [0.3, 0.4) is 0 Å². The lowest BCUT2D eigenvalue weighted by Gasteiger charge is -2.09. The molecule has 0 spiro atoms. The fourth-order valence-corrected chi connectivity index (χ4v) is 2.14. The first kappa shape index (κ1) is 13.3. The van der Waals surface area contributed by atoms with Crippen molar-refractivity contribution < 1.29 is 14.3 Å². The van der Waals surface area contributed by atoms with Crippen LogP contribution in [-0.4, -0.2) is 24.1 Å². The molecule has 1 aliphatic rings. The van der Waals surface area contributed by atoms with E-state index in [-0.39, 0.29) is 11.4 Å². The van der Waals surface area contributed by atoms with Crippen LogP contribution in [0.5, 0.6) is 0 Å². The van der Waals surface area contributed by atoms with Crippen molar-refractivity contribution in [3.63, 3.8) is 0 Å². The highest BCUT2D eigenvalue weighted by Gasteiger charge is 2.17. The lowest BCUT2D eigenvalue weighted by atomic mass is 10.1. The third kappa shape index (κ3) is 3.98. The zero-order valence-corrected chi connectivity index (χ0v) is 11.1. The Morgan fingerprint density at radius 2 is 2.22 bits per heavy atom. The van der Waals surface area contributed by atoms with Gasteiger partial charge in [0, 0.05) is 18.2 Å². The fraction of sp³-hybridized carbons (Fsp3) is 0.357. The van der Waals surface area contributed by atoms with Crippen LogP contribution in [0.15, 0.2) is 30.3 Å². The maximum absolute atomic E-state index is 10.8. The number of benzene rings is 1. The van der Waals surface area contributed by atoms with Gasteiger partial charge in [-0.05, 0) is 11.6 Å². The van der Waals surface area contributed by atoms with Gasteiger partial charge in [-0.3, -0.25) is 4.79 Å². The molecule has 0 saturated carbocycles. The van der Waals surface area contributed by atoms with Crippen molar-refractivity contribution in [1.29, 1.82) is 0 Å². The molecule has 0 unspecified atom stereocenters. The van der Waals surface area contributed by atoms with Gasteiger partial charge in [0.2, 0.25) is 0 Å². The van der Waals surface area contributed by atoms with Gasteiger partial charge in [0.1, 0.15) is 0 Å². The Morgan fingerprint density at radius 1 is 1.44 bits per heavy atom. The Balaban J connectivity index is 1.96. The summed E-state index contributed by atoms with van der Waals surface area (Å²) in [5.74, 6) is 0.704. The Hall–Kier alpha value is -1.10. The van der Waals surface area contributed by atoms with Gasteiger partial charge in [0.15, 0.2) is 11.4 Å². The van der Waals surface area contributed by atoms with Crippen molar-refractivity contribution in [2.24, 2.45) is 0 Å². The fourth-order valence-electron chi connectivity index (χ4n) is 1.71. The Labute approximate surface area is 111 Å².